The molecule has 1 aromatic carbocycles. The number of hydrogen-bond acceptors (Lipinski definition) is 4. The van der Waals surface area contributed by atoms with Gasteiger partial charge in [-0.15, -0.1) is 11.3 Å². The zero-order valence-corrected chi connectivity index (χ0v) is 9.62. The summed E-state index contributed by atoms with van der Waals surface area (Å²) >= 11 is 1.51. The Balaban J connectivity index is 2.31. The van der Waals surface area contributed by atoms with E-state index in [4.69, 9.17) is 10.00 Å². The molecule has 3 nitrogen and oxygen atoms in total. The molecule has 0 aliphatic carbocycles. The third-order valence-corrected chi connectivity index (χ3v) is 3.00. The predicted molar refractivity (Wildman–Crippen MR) is 63.4 cm³/mol. The molecule has 1 heterocycles. The summed E-state index contributed by atoms with van der Waals surface area (Å²) in [6.45, 7) is 0. The monoisotopic (exact) mass is 230 g/mol. The van der Waals surface area contributed by atoms with Crippen molar-refractivity contribution in [3.63, 3.8) is 0 Å². The summed E-state index contributed by atoms with van der Waals surface area (Å²) in [7, 11) is 1.64. The highest BCUT2D eigenvalue weighted by atomic mass is 32.1. The summed E-state index contributed by atoms with van der Waals surface area (Å²) in [6.07, 6.45) is 0.370. The molecule has 2 aromatic rings. The fraction of sp³-hybridized carbons (Fsp3) is 0.167. The van der Waals surface area contributed by atoms with Crippen LogP contribution in [0.4, 0.5) is 0 Å². The molecule has 0 saturated heterocycles. The molecule has 2 rings (SSSR count). The SMILES string of the molecule is COc1cccc(-c2csc(CC#N)n2)c1. The van der Waals surface area contributed by atoms with Crippen molar-refractivity contribution in [1.82, 2.24) is 4.98 Å². The van der Waals surface area contributed by atoms with Gasteiger partial charge in [0.15, 0.2) is 0 Å². The summed E-state index contributed by atoms with van der Waals surface area (Å²) in [5.74, 6) is 0.812. The van der Waals surface area contributed by atoms with Gasteiger partial charge in [0.2, 0.25) is 0 Å². The Morgan fingerprint density at radius 1 is 1.50 bits per heavy atom. The molecule has 0 fully saturated rings. The van der Waals surface area contributed by atoms with Gasteiger partial charge in [-0.25, -0.2) is 4.98 Å². The molecule has 0 spiro atoms. The van der Waals surface area contributed by atoms with E-state index in [1.54, 1.807) is 7.11 Å². The molecular formula is C12H10N2OS. The van der Waals surface area contributed by atoms with Crippen LogP contribution in [-0.4, -0.2) is 12.1 Å². The Bertz CT molecular complexity index is 528. The van der Waals surface area contributed by atoms with Crippen molar-refractivity contribution in [3.05, 3.63) is 34.7 Å². The van der Waals surface area contributed by atoms with Crippen LogP contribution in [0, 0.1) is 11.3 Å². The Hall–Kier alpha value is -1.86. The van der Waals surface area contributed by atoms with Crippen LogP contribution in [0.15, 0.2) is 29.6 Å². The van der Waals surface area contributed by atoms with Gasteiger partial charge in [0.05, 0.1) is 25.3 Å². The minimum Gasteiger partial charge on any atom is -0.497 e. The molecule has 0 aliphatic heterocycles. The van der Waals surface area contributed by atoms with Crippen LogP contribution in [0.25, 0.3) is 11.3 Å². The van der Waals surface area contributed by atoms with E-state index in [1.165, 1.54) is 11.3 Å². The molecular weight excluding hydrogens is 220 g/mol. The lowest BCUT2D eigenvalue weighted by Crippen LogP contribution is -1.84. The Morgan fingerprint density at radius 3 is 3.12 bits per heavy atom. The predicted octanol–water partition coefficient (Wildman–Crippen LogP) is 2.88. The zero-order valence-electron chi connectivity index (χ0n) is 8.80. The van der Waals surface area contributed by atoms with Crippen molar-refractivity contribution in [2.45, 2.75) is 6.42 Å². The first-order chi connectivity index (χ1) is 7.83. The van der Waals surface area contributed by atoms with Gasteiger partial charge in [0.25, 0.3) is 0 Å². The van der Waals surface area contributed by atoms with Crippen molar-refractivity contribution in [2.24, 2.45) is 0 Å². The molecule has 80 valence electrons. The number of methoxy groups -OCH3 is 1. The maximum Gasteiger partial charge on any atom is 0.119 e. The van der Waals surface area contributed by atoms with Gasteiger partial charge in [-0.1, -0.05) is 12.1 Å². The van der Waals surface area contributed by atoms with E-state index in [-0.39, 0.29) is 0 Å². The first-order valence-corrected chi connectivity index (χ1v) is 5.67. The highest BCUT2D eigenvalue weighted by Crippen LogP contribution is 2.25. The number of aromatic nitrogens is 1. The van der Waals surface area contributed by atoms with E-state index in [9.17, 15) is 0 Å². The lowest BCUT2D eigenvalue weighted by atomic mass is 10.2. The highest BCUT2D eigenvalue weighted by molar-refractivity contribution is 7.10. The second-order valence-electron chi connectivity index (χ2n) is 3.19. The van der Waals surface area contributed by atoms with Crippen molar-refractivity contribution < 1.29 is 4.74 Å². The smallest absolute Gasteiger partial charge is 0.119 e. The summed E-state index contributed by atoms with van der Waals surface area (Å²) in [5, 5.41) is 11.4. The number of benzene rings is 1. The second kappa shape index (κ2) is 4.77. The van der Waals surface area contributed by atoms with E-state index < -0.39 is 0 Å². The Labute approximate surface area is 97.9 Å². The number of nitrogens with zero attached hydrogens (tertiary/aromatic N) is 2. The van der Waals surface area contributed by atoms with E-state index in [2.05, 4.69) is 11.1 Å². The number of thiazole rings is 1. The molecule has 0 atom stereocenters. The van der Waals surface area contributed by atoms with Crippen molar-refractivity contribution in [2.75, 3.05) is 7.11 Å². The Morgan fingerprint density at radius 2 is 2.38 bits per heavy atom. The summed E-state index contributed by atoms with van der Waals surface area (Å²) < 4.78 is 5.15. The number of hydrogen-bond donors (Lipinski definition) is 0. The fourth-order valence-corrected chi connectivity index (χ4v) is 2.11. The molecule has 0 aliphatic rings. The van der Waals surface area contributed by atoms with Crippen LogP contribution in [0.3, 0.4) is 0 Å². The first-order valence-electron chi connectivity index (χ1n) is 4.79. The van der Waals surface area contributed by atoms with Crippen molar-refractivity contribution >= 4 is 11.3 Å². The van der Waals surface area contributed by atoms with Crippen LogP contribution in [0.1, 0.15) is 5.01 Å². The van der Waals surface area contributed by atoms with E-state index in [0.29, 0.717) is 6.42 Å². The van der Waals surface area contributed by atoms with Gasteiger partial charge in [0.1, 0.15) is 10.8 Å². The maximum atomic E-state index is 8.58. The van der Waals surface area contributed by atoms with Crippen LogP contribution in [0.2, 0.25) is 0 Å². The van der Waals surface area contributed by atoms with Crippen LogP contribution in [-0.2, 0) is 6.42 Å². The third-order valence-electron chi connectivity index (χ3n) is 2.15. The average molecular weight is 230 g/mol. The fourth-order valence-electron chi connectivity index (χ4n) is 1.37. The maximum absolute atomic E-state index is 8.58. The minimum atomic E-state index is 0.370. The van der Waals surface area contributed by atoms with Gasteiger partial charge >= 0.3 is 0 Å². The quantitative estimate of drug-likeness (QED) is 0.814. The second-order valence-corrected chi connectivity index (χ2v) is 4.14. The molecule has 0 radical (unpaired) electrons. The number of nitriles is 1. The van der Waals surface area contributed by atoms with E-state index in [1.807, 2.05) is 29.6 Å². The summed E-state index contributed by atoms with van der Waals surface area (Å²) in [5.41, 5.74) is 1.91. The van der Waals surface area contributed by atoms with Gasteiger partial charge in [-0.05, 0) is 12.1 Å². The molecule has 4 heteroatoms. The minimum absolute atomic E-state index is 0.370. The van der Waals surface area contributed by atoms with Crippen LogP contribution < -0.4 is 4.74 Å². The molecule has 0 amide bonds. The standard InChI is InChI=1S/C12H10N2OS/c1-15-10-4-2-3-9(7-10)11-8-16-12(14-11)5-6-13/h2-4,7-8H,5H2,1H3. The lowest BCUT2D eigenvalue weighted by molar-refractivity contribution is 0.415. The molecule has 1 aromatic heterocycles. The van der Waals surface area contributed by atoms with Crippen molar-refractivity contribution in [3.8, 4) is 23.1 Å². The molecule has 0 bridgehead atoms. The van der Waals surface area contributed by atoms with E-state index >= 15 is 0 Å². The van der Waals surface area contributed by atoms with Gasteiger partial charge in [-0.2, -0.15) is 5.26 Å². The summed E-state index contributed by atoms with van der Waals surface area (Å²) in [4.78, 5) is 4.39. The number of ether oxygens (including phenoxy) is 1. The number of rotatable bonds is 3. The lowest BCUT2D eigenvalue weighted by Gasteiger charge is -2.01. The summed E-state index contributed by atoms with van der Waals surface area (Å²) in [6, 6.07) is 9.83. The largest absolute Gasteiger partial charge is 0.497 e. The Kier molecular flexibility index (Phi) is 3.18. The molecule has 0 N–H and O–H groups in total. The molecule has 16 heavy (non-hydrogen) atoms. The van der Waals surface area contributed by atoms with E-state index in [0.717, 1.165) is 22.0 Å². The average Bonchev–Trinajstić information content (AvgIpc) is 2.78. The van der Waals surface area contributed by atoms with Crippen molar-refractivity contribution in [1.29, 1.82) is 5.26 Å². The zero-order chi connectivity index (χ0) is 11.4. The topological polar surface area (TPSA) is 45.9 Å². The van der Waals surface area contributed by atoms with Gasteiger partial charge in [0, 0.05) is 10.9 Å². The third kappa shape index (κ3) is 2.20. The van der Waals surface area contributed by atoms with Gasteiger partial charge in [-0.3, -0.25) is 0 Å². The van der Waals surface area contributed by atoms with Crippen LogP contribution >= 0.6 is 11.3 Å². The first kappa shape index (κ1) is 10.7. The normalized spacial score (nSPS) is 9.75. The molecule has 0 saturated carbocycles. The van der Waals surface area contributed by atoms with Gasteiger partial charge < -0.3 is 4.74 Å². The highest BCUT2D eigenvalue weighted by Gasteiger charge is 2.04. The van der Waals surface area contributed by atoms with Crippen LogP contribution in [0.5, 0.6) is 5.75 Å². The molecule has 0 unspecified atom stereocenters.